The molecule has 1 atom stereocenters. The van der Waals surface area contributed by atoms with E-state index in [0.29, 0.717) is 22.7 Å². The molecule has 2 aliphatic heterocycles. The number of carbonyl (C=O) groups excluding carboxylic acids is 6. The Morgan fingerprint density at radius 3 is 1.56 bits per heavy atom. The summed E-state index contributed by atoms with van der Waals surface area (Å²) in [5, 5.41) is 6.38. The van der Waals surface area contributed by atoms with E-state index in [0.717, 1.165) is 63.1 Å². The molecular formula is C33H74IN5O10S13. The molecule has 0 saturated carbocycles. The normalized spacial score (nSPS) is 13.2. The van der Waals surface area contributed by atoms with Crippen molar-refractivity contribution < 1.29 is 45.6 Å². The van der Waals surface area contributed by atoms with Gasteiger partial charge in [0.05, 0.1) is 25.7 Å². The van der Waals surface area contributed by atoms with Crippen molar-refractivity contribution in [3.63, 3.8) is 0 Å². The van der Waals surface area contributed by atoms with Crippen molar-refractivity contribution in [3.05, 3.63) is 48.5 Å². The molecule has 6 amide bonds. The SMILES string of the molecule is C.C.C.C.C=CS(C)(=O)=O.CN1C(=O)C=CC1=O.CNC(=O)CI.CSSc1ccccn1.[2H]S.[2H]S.[2H]S.[2H]S.[2H]SC1CC(=O)N(C)C1=O.[2H]SCC(=O)NC.[2H]SCCS(C)(=O)=O.[2H]SSC. The van der Waals surface area contributed by atoms with Crippen molar-refractivity contribution in [2.45, 2.75) is 46.4 Å². The molecule has 29 heteroatoms. The van der Waals surface area contributed by atoms with E-state index in [1.807, 2.05) is 53.3 Å². The number of nitrogens with one attached hydrogen (secondary N) is 2. The third-order valence-corrected chi connectivity index (χ3v) is 9.67. The number of likely N-dealkylation sites (N-methyl/N-ethyl adjacent to an activating group) is 1. The Kier molecular flexibility index (Phi) is 70.6. The molecule has 0 aromatic carbocycles. The number of pyridine rings is 1. The number of carbonyl (C=O) groups is 6. The van der Waals surface area contributed by atoms with Crippen LogP contribution in [-0.4, -0.2) is 156 Å². The van der Waals surface area contributed by atoms with Crippen molar-refractivity contribution in [2.24, 2.45) is 0 Å². The van der Waals surface area contributed by atoms with Gasteiger partial charge in [-0.15, -0.1) is 22.4 Å². The van der Waals surface area contributed by atoms with Crippen molar-refractivity contribution in [1.29, 1.82) is 8.99 Å². The molecule has 0 radical (unpaired) electrons. The summed E-state index contributed by atoms with van der Waals surface area (Å²) in [5.41, 5.74) is 0. The van der Waals surface area contributed by atoms with Gasteiger partial charge in [-0.25, -0.2) is 21.8 Å². The minimum Gasteiger partial charge on any atom is -0.359 e. The van der Waals surface area contributed by atoms with E-state index in [1.54, 1.807) is 41.9 Å². The van der Waals surface area contributed by atoms with Gasteiger partial charge in [0, 0.05) is 76.6 Å². The number of amides is 6. The molecule has 0 aliphatic carbocycles. The van der Waals surface area contributed by atoms with Crippen LogP contribution in [0.2, 0.25) is 0 Å². The number of alkyl halides is 1. The van der Waals surface area contributed by atoms with Gasteiger partial charge < -0.3 is 10.6 Å². The molecule has 376 valence electrons. The average molecular weight is 1250 g/mol. The fourth-order valence-electron chi connectivity index (χ4n) is 1.97. The predicted octanol–water partition coefficient (Wildman–Crippen LogP) is 5.82. The highest BCUT2D eigenvalue weighted by atomic mass is 127. The standard InChI is InChI=1S/C6H7NS2.C5H7NO2S.C5H5NO2.C3H6INO.C3H7NOS.C3H8O2S2.C3H6O2S.CH4S2.4CH4.4H2S/c1-8-9-6-4-2-3-5-7-6;1-6-4(7)2-3(9)5(6)8;1-6-4(7)2-3-5(6)8;1-5-3(6)2-4;1-4-3(5)2-6;1-7(4,5)3-2-6;1-3-6(2,4)5;1-3-2;;;;;;;;/h2-5H,1H3;3,9H,2H2,1H3;2-3H,1H3;2H2,1H3,(H,5,6);6H,2H2,1H3,(H,4,5);6H,2-3H2,1H3;3H,1H2,2H3;2H,1H3;4*1H4;4*1H2/i/hD8. The molecule has 1 unspecified atom stereocenters. The van der Waals surface area contributed by atoms with Crippen molar-refractivity contribution in [3.8, 4) is 0 Å². The zero-order valence-corrected chi connectivity index (χ0v) is 45.7. The first kappa shape index (κ1) is 71.3. The van der Waals surface area contributed by atoms with Gasteiger partial charge >= 0.3 is 0 Å². The number of likely N-dealkylation sites (tertiary alicyclic amines) is 1. The molecule has 2 N–H and O–H groups in total. The molecular weight excluding hydrogens is 1170 g/mol. The van der Waals surface area contributed by atoms with E-state index < -0.39 is 24.9 Å². The van der Waals surface area contributed by atoms with Gasteiger partial charge in [0.2, 0.25) is 23.6 Å². The number of nitrogens with zero attached hydrogens (tertiary/aromatic N) is 3. The largest absolute Gasteiger partial charge is 0.359 e. The van der Waals surface area contributed by atoms with Gasteiger partial charge in [-0.2, -0.15) is 91.2 Å². The Bertz CT molecular complexity index is 1580. The van der Waals surface area contributed by atoms with Gasteiger partial charge in [0.25, 0.3) is 11.8 Å². The van der Waals surface area contributed by atoms with Gasteiger partial charge in [0.1, 0.15) is 19.4 Å². The summed E-state index contributed by atoms with van der Waals surface area (Å²) >= 11 is 16.4. The van der Waals surface area contributed by atoms with E-state index in [4.69, 9.17) is 8.99 Å². The quantitative estimate of drug-likeness (QED) is 0.0507. The maximum atomic E-state index is 10.9. The maximum absolute atomic E-state index is 10.9. The van der Waals surface area contributed by atoms with Crippen LogP contribution in [0.5, 0.6) is 0 Å². The monoisotopic (exact) mass is 1250 g/mol. The molecule has 3 heterocycles. The van der Waals surface area contributed by atoms with E-state index in [1.165, 1.54) is 43.3 Å². The van der Waals surface area contributed by atoms with Crippen molar-refractivity contribution in [1.82, 2.24) is 25.4 Å². The lowest BCUT2D eigenvalue weighted by molar-refractivity contribution is -0.137. The molecule has 0 spiro atoms. The molecule has 1 fully saturated rings. The lowest BCUT2D eigenvalue weighted by atomic mass is 10.4. The number of imide groups is 2. The Morgan fingerprint density at radius 1 is 0.935 bits per heavy atom. The van der Waals surface area contributed by atoms with Crippen molar-refractivity contribution >= 4 is 213 Å². The van der Waals surface area contributed by atoms with Crippen LogP contribution in [0.4, 0.5) is 0 Å². The number of halogens is 1. The summed E-state index contributed by atoms with van der Waals surface area (Å²) in [6.07, 6.45) is 10.7. The Labute approximate surface area is 458 Å². The summed E-state index contributed by atoms with van der Waals surface area (Å²) < 4.78 is 88.9. The molecule has 1 aromatic rings. The summed E-state index contributed by atoms with van der Waals surface area (Å²) in [5.74, 6) is -0.211. The maximum Gasteiger partial charge on any atom is 0.253 e. The second-order valence-corrected chi connectivity index (χ2v) is 19.1. The van der Waals surface area contributed by atoms with Crippen LogP contribution >= 0.6 is 158 Å². The van der Waals surface area contributed by atoms with Gasteiger partial charge in [-0.1, -0.05) is 75.7 Å². The molecule has 1 saturated heterocycles. The summed E-state index contributed by atoms with van der Waals surface area (Å²) in [6.45, 7) is 3.04. The number of sulfone groups is 2. The van der Waals surface area contributed by atoms with Crippen LogP contribution in [0.15, 0.2) is 53.6 Å². The first-order valence-electron chi connectivity index (χ1n) is 17.7. The highest BCUT2D eigenvalue weighted by Crippen LogP contribution is 2.25. The zero-order chi connectivity index (χ0) is 54.3. The predicted molar refractivity (Wildman–Crippen MR) is 316 cm³/mol. The fraction of sp³-hybridized carbons (Fsp3) is 0.545. The first-order chi connectivity index (χ1) is 31.0. The zero-order valence-electron chi connectivity index (χ0n) is 40.6. The minimum atomic E-state index is -2.90. The molecule has 2 aliphatic rings. The molecule has 62 heavy (non-hydrogen) atoms. The van der Waals surface area contributed by atoms with Crippen LogP contribution in [0, 0.1) is 0 Å². The first-order valence-corrected chi connectivity index (χ1v) is 26.2. The molecule has 3 rings (SSSR count). The van der Waals surface area contributed by atoms with Crippen molar-refractivity contribution in [2.75, 3.05) is 74.9 Å². The van der Waals surface area contributed by atoms with Crippen LogP contribution in [0.1, 0.15) is 36.1 Å². The number of aromatic nitrogens is 1. The van der Waals surface area contributed by atoms with Gasteiger partial charge in [-0.3, -0.25) is 38.6 Å². The Hall–Kier alpha value is 0.330. The van der Waals surface area contributed by atoms with Crippen LogP contribution in [-0.2, 0) is 48.4 Å². The summed E-state index contributed by atoms with van der Waals surface area (Å²) in [6, 6.07) is 5.91. The van der Waals surface area contributed by atoms with E-state index >= 15 is 0 Å². The molecule has 15 nitrogen and oxygen atoms in total. The second-order valence-electron chi connectivity index (χ2n) is 9.09. The van der Waals surface area contributed by atoms with Crippen LogP contribution < -0.4 is 10.6 Å². The van der Waals surface area contributed by atoms with E-state index in [2.05, 4.69) is 75.8 Å². The van der Waals surface area contributed by atoms with E-state index in [-0.39, 0.29) is 83.1 Å². The van der Waals surface area contributed by atoms with Gasteiger partial charge in [-0.05, 0) is 35.4 Å². The van der Waals surface area contributed by atoms with Gasteiger partial charge in [0.15, 0.2) is 9.84 Å². The Balaban J connectivity index is -0.0000000473. The summed E-state index contributed by atoms with van der Waals surface area (Å²) in [7, 11) is 5.18. The Morgan fingerprint density at radius 2 is 1.40 bits per heavy atom. The highest BCUT2D eigenvalue weighted by molar-refractivity contribution is 14.1. The average Bonchev–Trinajstić information content (AvgIpc) is 3.77. The number of rotatable bonds is 11. The second kappa shape index (κ2) is 61.3. The molecule has 1 aromatic heterocycles. The number of hydrogen-bond acceptors (Lipinski definition) is 18. The van der Waals surface area contributed by atoms with Crippen LogP contribution in [0.3, 0.4) is 0 Å². The van der Waals surface area contributed by atoms with Crippen LogP contribution in [0.25, 0.3) is 0 Å². The smallest absolute Gasteiger partial charge is 0.253 e. The number of hydrogen-bond donors (Lipinski definition) is 6. The third kappa shape index (κ3) is 69.4. The number of thiol groups is 4. The minimum absolute atomic E-state index is 0. The lowest BCUT2D eigenvalue weighted by Gasteiger charge is -2.02. The highest BCUT2D eigenvalue weighted by Gasteiger charge is 2.33. The topological polar surface area (TPSA) is 214 Å². The molecule has 0 bridgehead atoms. The van der Waals surface area contributed by atoms with E-state index in [9.17, 15) is 45.6 Å². The third-order valence-electron chi connectivity index (χ3n) is 4.74. The lowest BCUT2D eigenvalue weighted by Crippen LogP contribution is -2.25. The fourth-order valence-corrected chi connectivity index (χ4v) is 5.22. The summed E-state index contributed by atoms with van der Waals surface area (Å²) in [4.78, 5) is 68.9.